The molecule has 0 atom stereocenters. The van der Waals surface area contributed by atoms with Crippen molar-refractivity contribution in [3.05, 3.63) is 77.6 Å². The Morgan fingerprint density at radius 1 is 1.21 bits per heavy atom. The normalized spacial score (nSPS) is 10.6. The van der Waals surface area contributed by atoms with Crippen LogP contribution in [-0.2, 0) is 6.42 Å². The van der Waals surface area contributed by atoms with Crippen molar-refractivity contribution in [3.8, 4) is 5.69 Å². The van der Waals surface area contributed by atoms with Crippen LogP contribution in [0.1, 0.15) is 21.7 Å². The molecule has 24 heavy (non-hydrogen) atoms. The summed E-state index contributed by atoms with van der Waals surface area (Å²) in [6.07, 6.45) is 3.82. The molecule has 0 unspecified atom stereocenters. The Morgan fingerprint density at radius 3 is 2.75 bits per heavy atom. The van der Waals surface area contributed by atoms with Crippen LogP contribution in [0, 0.1) is 12.7 Å². The zero-order valence-electron chi connectivity index (χ0n) is 13.2. The van der Waals surface area contributed by atoms with Crippen molar-refractivity contribution in [2.45, 2.75) is 13.3 Å². The lowest BCUT2D eigenvalue weighted by atomic mass is 10.2. The Bertz CT molecular complexity index is 845. The number of nitrogens with one attached hydrogen (secondary N) is 1. The zero-order chi connectivity index (χ0) is 16.9. The second-order valence-electron chi connectivity index (χ2n) is 5.33. The van der Waals surface area contributed by atoms with Crippen molar-refractivity contribution in [1.29, 1.82) is 0 Å². The number of pyridine rings is 1. The second-order valence-corrected chi connectivity index (χ2v) is 5.33. The molecular weight excluding hydrogens is 307 g/mol. The van der Waals surface area contributed by atoms with Gasteiger partial charge in [-0.15, -0.1) is 0 Å². The minimum atomic E-state index is -0.384. The van der Waals surface area contributed by atoms with Crippen molar-refractivity contribution in [1.82, 2.24) is 20.1 Å². The van der Waals surface area contributed by atoms with Gasteiger partial charge in [-0.25, -0.2) is 9.07 Å². The summed E-state index contributed by atoms with van der Waals surface area (Å²) in [5.74, 6) is -0.614. The Balaban J connectivity index is 1.69. The molecule has 1 N–H and O–H groups in total. The average Bonchev–Trinajstić information content (AvgIpc) is 2.98. The number of aromatic nitrogens is 3. The number of benzene rings is 1. The Hall–Kier alpha value is -3.02. The number of halogens is 1. The third kappa shape index (κ3) is 3.32. The molecule has 0 bridgehead atoms. The molecule has 0 saturated carbocycles. The summed E-state index contributed by atoms with van der Waals surface area (Å²) in [5.41, 5.74) is 2.26. The highest BCUT2D eigenvalue weighted by Crippen LogP contribution is 2.16. The quantitative estimate of drug-likeness (QED) is 0.785. The molecule has 3 rings (SSSR count). The van der Waals surface area contributed by atoms with Crippen molar-refractivity contribution >= 4 is 5.91 Å². The largest absolute Gasteiger partial charge is 0.352 e. The first-order valence-corrected chi connectivity index (χ1v) is 7.64. The van der Waals surface area contributed by atoms with Crippen LogP contribution in [0.5, 0.6) is 0 Å². The van der Waals surface area contributed by atoms with Gasteiger partial charge in [-0.1, -0.05) is 18.2 Å². The number of para-hydroxylation sites is 1. The first-order chi connectivity index (χ1) is 11.7. The van der Waals surface area contributed by atoms with Gasteiger partial charge in [-0.05, 0) is 31.2 Å². The summed E-state index contributed by atoms with van der Waals surface area (Å²) < 4.78 is 15.3. The lowest BCUT2D eigenvalue weighted by Crippen LogP contribution is -2.26. The van der Waals surface area contributed by atoms with E-state index < -0.39 is 0 Å². The van der Waals surface area contributed by atoms with Gasteiger partial charge >= 0.3 is 0 Å². The number of hydrogen-bond acceptors (Lipinski definition) is 3. The monoisotopic (exact) mass is 324 g/mol. The molecule has 1 aromatic carbocycles. The van der Waals surface area contributed by atoms with E-state index in [1.165, 1.54) is 16.9 Å². The summed E-state index contributed by atoms with van der Waals surface area (Å²) in [6, 6.07) is 12.0. The molecule has 0 fully saturated rings. The third-order valence-corrected chi connectivity index (χ3v) is 3.73. The van der Waals surface area contributed by atoms with Gasteiger partial charge in [0.1, 0.15) is 11.5 Å². The minimum Gasteiger partial charge on any atom is -0.352 e. The Morgan fingerprint density at radius 2 is 2.00 bits per heavy atom. The van der Waals surface area contributed by atoms with Crippen molar-refractivity contribution in [2.75, 3.05) is 6.54 Å². The van der Waals surface area contributed by atoms with Crippen LogP contribution < -0.4 is 5.32 Å². The van der Waals surface area contributed by atoms with Crippen LogP contribution in [0.2, 0.25) is 0 Å². The maximum Gasteiger partial charge on any atom is 0.254 e. The molecule has 122 valence electrons. The number of amides is 1. The van der Waals surface area contributed by atoms with Crippen molar-refractivity contribution < 1.29 is 9.18 Å². The smallest absolute Gasteiger partial charge is 0.254 e. The number of rotatable bonds is 5. The topological polar surface area (TPSA) is 59.8 Å². The molecule has 5 nitrogen and oxygen atoms in total. The molecule has 0 aliphatic carbocycles. The van der Waals surface area contributed by atoms with Gasteiger partial charge in [0.2, 0.25) is 0 Å². The summed E-state index contributed by atoms with van der Waals surface area (Å²) in [4.78, 5) is 16.5. The number of carbonyl (C=O) groups excluding carboxylic acids is 1. The third-order valence-electron chi connectivity index (χ3n) is 3.73. The van der Waals surface area contributed by atoms with E-state index in [9.17, 15) is 9.18 Å². The van der Waals surface area contributed by atoms with Crippen LogP contribution in [0.15, 0.2) is 54.9 Å². The Kier molecular flexibility index (Phi) is 4.65. The fourth-order valence-electron chi connectivity index (χ4n) is 2.44. The maximum absolute atomic E-state index is 13.9. The van der Waals surface area contributed by atoms with Crippen LogP contribution in [0.3, 0.4) is 0 Å². The molecule has 0 spiro atoms. The molecule has 0 aliphatic rings. The highest BCUT2D eigenvalue weighted by Gasteiger charge is 2.16. The molecule has 0 saturated heterocycles. The second kappa shape index (κ2) is 7.04. The van der Waals surface area contributed by atoms with Crippen molar-refractivity contribution in [2.24, 2.45) is 0 Å². The lowest BCUT2D eigenvalue weighted by molar-refractivity contribution is 0.0953. The van der Waals surface area contributed by atoms with Crippen LogP contribution in [-0.4, -0.2) is 27.2 Å². The van der Waals surface area contributed by atoms with E-state index in [0.717, 1.165) is 5.69 Å². The van der Waals surface area contributed by atoms with E-state index >= 15 is 0 Å². The first-order valence-electron chi connectivity index (χ1n) is 7.64. The fraction of sp³-hybridized carbons (Fsp3) is 0.167. The Labute approximate surface area is 139 Å². The van der Waals surface area contributed by atoms with Gasteiger partial charge < -0.3 is 5.32 Å². The number of hydrogen-bond donors (Lipinski definition) is 1. The molecule has 3 aromatic rings. The summed E-state index contributed by atoms with van der Waals surface area (Å²) >= 11 is 0. The molecule has 0 aliphatic heterocycles. The van der Waals surface area contributed by atoms with E-state index in [0.29, 0.717) is 29.9 Å². The van der Waals surface area contributed by atoms with E-state index in [1.54, 1.807) is 31.3 Å². The van der Waals surface area contributed by atoms with Gasteiger partial charge in [0, 0.05) is 24.9 Å². The van der Waals surface area contributed by atoms with Crippen molar-refractivity contribution in [3.63, 3.8) is 0 Å². The van der Waals surface area contributed by atoms with Gasteiger partial charge in [-0.2, -0.15) is 5.10 Å². The minimum absolute atomic E-state index is 0.231. The highest BCUT2D eigenvalue weighted by atomic mass is 19.1. The average molecular weight is 324 g/mol. The van der Waals surface area contributed by atoms with Gasteiger partial charge in [0.05, 0.1) is 17.5 Å². The van der Waals surface area contributed by atoms with E-state index in [4.69, 9.17) is 0 Å². The molecule has 2 heterocycles. The summed E-state index contributed by atoms with van der Waals surface area (Å²) in [6.45, 7) is 2.22. The lowest BCUT2D eigenvalue weighted by Gasteiger charge is -2.07. The van der Waals surface area contributed by atoms with Gasteiger partial charge in [0.15, 0.2) is 0 Å². The van der Waals surface area contributed by atoms with Gasteiger partial charge in [-0.3, -0.25) is 9.78 Å². The molecule has 0 radical (unpaired) electrons. The maximum atomic E-state index is 13.9. The molecule has 2 aromatic heterocycles. The van der Waals surface area contributed by atoms with Crippen LogP contribution >= 0.6 is 0 Å². The van der Waals surface area contributed by atoms with Crippen LogP contribution in [0.25, 0.3) is 5.69 Å². The summed E-state index contributed by atoms with van der Waals surface area (Å²) in [7, 11) is 0. The molecular formula is C18H17FN4O. The van der Waals surface area contributed by atoms with Crippen LogP contribution in [0.4, 0.5) is 4.39 Å². The van der Waals surface area contributed by atoms with E-state index in [1.807, 2.05) is 18.2 Å². The molecule has 6 heteroatoms. The number of carbonyl (C=O) groups is 1. The predicted octanol–water partition coefficient (Wildman–Crippen LogP) is 2.69. The number of nitrogens with zero attached hydrogens (tertiary/aromatic N) is 3. The zero-order valence-corrected chi connectivity index (χ0v) is 13.2. The molecule has 1 amide bonds. The van der Waals surface area contributed by atoms with E-state index in [2.05, 4.69) is 15.4 Å². The first kappa shape index (κ1) is 15.9. The summed E-state index contributed by atoms with van der Waals surface area (Å²) in [5, 5.41) is 6.98. The SMILES string of the molecule is Cc1c(C(=O)NCCc2ccccn2)cnn1-c1ccccc1F. The highest BCUT2D eigenvalue weighted by molar-refractivity contribution is 5.95. The van der Waals surface area contributed by atoms with Gasteiger partial charge in [0.25, 0.3) is 5.91 Å². The standard InChI is InChI=1S/C18H17FN4O/c1-13-15(12-22-23(13)17-8-3-2-7-16(17)19)18(24)21-11-9-14-6-4-5-10-20-14/h2-8,10,12H,9,11H2,1H3,(H,21,24). The van der Waals surface area contributed by atoms with E-state index in [-0.39, 0.29) is 11.7 Å². The fourth-order valence-corrected chi connectivity index (χ4v) is 2.44. The predicted molar refractivity (Wildman–Crippen MR) is 88.5 cm³/mol.